The fourth-order valence-electron chi connectivity index (χ4n) is 9.81. The van der Waals surface area contributed by atoms with Crippen molar-refractivity contribution in [2.45, 2.75) is 354 Å². The van der Waals surface area contributed by atoms with Crippen LogP contribution in [0.3, 0.4) is 0 Å². The van der Waals surface area contributed by atoms with E-state index in [2.05, 4.69) is 75.5 Å². The van der Waals surface area contributed by atoms with Gasteiger partial charge in [0, 0.05) is 19.3 Å². The summed E-state index contributed by atoms with van der Waals surface area (Å²) in [5, 5.41) is 0. The summed E-state index contributed by atoms with van der Waals surface area (Å²) in [7, 11) is 0. The summed E-state index contributed by atoms with van der Waals surface area (Å²) in [5.74, 6) is -0.967. The second-order valence-electron chi connectivity index (χ2n) is 22.4. The molecule has 0 rings (SSSR count). The van der Waals surface area contributed by atoms with E-state index in [-0.39, 0.29) is 37.5 Å². The molecule has 0 aliphatic carbocycles. The lowest BCUT2D eigenvalue weighted by Crippen LogP contribution is -2.30. The first kappa shape index (κ1) is 73.1. The molecule has 1 atom stereocenters. The summed E-state index contributed by atoms with van der Waals surface area (Å²) in [6.45, 7) is 6.50. The molecule has 0 aromatic carbocycles. The Hall–Kier alpha value is -2.89. The van der Waals surface area contributed by atoms with Gasteiger partial charge in [-0.25, -0.2) is 0 Å². The third kappa shape index (κ3) is 62.0. The zero-order chi connectivity index (χ0) is 55.0. The molecule has 1 unspecified atom stereocenters. The third-order valence-electron chi connectivity index (χ3n) is 14.8. The number of rotatable bonds is 61. The number of carbonyl (C=O) groups is 3. The Labute approximate surface area is 472 Å². The predicted octanol–water partition coefficient (Wildman–Crippen LogP) is 22.7. The molecule has 0 aliphatic heterocycles. The molecular weight excluding hydrogens is 937 g/mol. The van der Waals surface area contributed by atoms with Crippen molar-refractivity contribution in [2.24, 2.45) is 0 Å². The van der Waals surface area contributed by atoms with Crippen LogP contribution in [0.2, 0.25) is 0 Å². The van der Waals surface area contributed by atoms with Crippen molar-refractivity contribution in [3.63, 3.8) is 0 Å². The Balaban J connectivity index is 4.23. The first-order valence-electron chi connectivity index (χ1n) is 33.3. The first-order valence-corrected chi connectivity index (χ1v) is 33.3. The number of esters is 3. The molecule has 0 aromatic heterocycles. The van der Waals surface area contributed by atoms with Crippen molar-refractivity contribution in [3.05, 3.63) is 60.8 Å². The summed E-state index contributed by atoms with van der Waals surface area (Å²) in [6, 6.07) is 0. The van der Waals surface area contributed by atoms with Gasteiger partial charge >= 0.3 is 17.9 Å². The van der Waals surface area contributed by atoms with E-state index in [1.54, 1.807) is 0 Å². The minimum Gasteiger partial charge on any atom is -0.462 e. The van der Waals surface area contributed by atoms with Crippen LogP contribution in [0, 0.1) is 0 Å². The van der Waals surface area contributed by atoms with Crippen LogP contribution in [0.1, 0.15) is 348 Å². The van der Waals surface area contributed by atoms with Gasteiger partial charge in [0.15, 0.2) is 6.10 Å². The van der Waals surface area contributed by atoms with E-state index in [0.29, 0.717) is 19.3 Å². The molecular formula is C70H126O6. The van der Waals surface area contributed by atoms with Crippen LogP contribution in [-0.2, 0) is 28.6 Å². The number of hydrogen-bond donors (Lipinski definition) is 0. The lowest BCUT2D eigenvalue weighted by molar-refractivity contribution is -0.166. The van der Waals surface area contributed by atoms with Crippen LogP contribution in [0.4, 0.5) is 0 Å². The normalized spacial score (nSPS) is 12.4. The molecule has 76 heavy (non-hydrogen) atoms. The van der Waals surface area contributed by atoms with Crippen molar-refractivity contribution < 1.29 is 28.6 Å². The zero-order valence-electron chi connectivity index (χ0n) is 50.8. The highest BCUT2D eigenvalue weighted by atomic mass is 16.6. The van der Waals surface area contributed by atoms with Gasteiger partial charge in [0.1, 0.15) is 13.2 Å². The number of carbonyl (C=O) groups excluding carboxylic acids is 3. The molecule has 0 spiro atoms. The van der Waals surface area contributed by atoms with Crippen LogP contribution in [0.25, 0.3) is 0 Å². The number of hydrogen-bond acceptors (Lipinski definition) is 6. The average Bonchev–Trinajstić information content (AvgIpc) is 3.42. The highest BCUT2D eigenvalue weighted by molar-refractivity contribution is 5.71. The van der Waals surface area contributed by atoms with Gasteiger partial charge in [-0.1, -0.05) is 319 Å². The van der Waals surface area contributed by atoms with Crippen LogP contribution in [0.5, 0.6) is 0 Å². The highest BCUT2D eigenvalue weighted by Crippen LogP contribution is 2.18. The lowest BCUT2D eigenvalue weighted by atomic mass is 10.0. The minimum absolute atomic E-state index is 0.0947. The quantitative estimate of drug-likeness (QED) is 0.0261. The van der Waals surface area contributed by atoms with Gasteiger partial charge < -0.3 is 14.2 Å². The monoisotopic (exact) mass is 1060 g/mol. The molecule has 442 valence electrons. The molecule has 0 saturated heterocycles. The maximum atomic E-state index is 12.9. The molecule has 0 saturated carbocycles. The Kier molecular flexibility index (Phi) is 62.2. The number of ether oxygens (including phenoxy) is 3. The second-order valence-corrected chi connectivity index (χ2v) is 22.4. The van der Waals surface area contributed by atoms with Crippen molar-refractivity contribution in [2.75, 3.05) is 13.2 Å². The Bertz CT molecular complexity index is 1360. The van der Waals surface area contributed by atoms with Gasteiger partial charge in [0.2, 0.25) is 0 Å². The minimum atomic E-state index is -0.804. The molecule has 0 bridgehead atoms. The summed E-state index contributed by atoms with van der Waals surface area (Å²) in [6.07, 6.45) is 82.7. The van der Waals surface area contributed by atoms with E-state index < -0.39 is 6.10 Å². The Morgan fingerprint density at radius 1 is 0.276 bits per heavy atom. The van der Waals surface area contributed by atoms with Crippen molar-refractivity contribution in [1.82, 2.24) is 0 Å². The Morgan fingerprint density at radius 3 is 0.882 bits per heavy atom. The van der Waals surface area contributed by atoms with E-state index in [4.69, 9.17) is 14.2 Å². The molecule has 0 aromatic rings. The van der Waals surface area contributed by atoms with Crippen molar-refractivity contribution in [1.29, 1.82) is 0 Å². The lowest BCUT2D eigenvalue weighted by Gasteiger charge is -2.18. The van der Waals surface area contributed by atoms with Crippen LogP contribution in [-0.4, -0.2) is 37.2 Å². The van der Waals surface area contributed by atoms with E-state index in [1.165, 1.54) is 238 Å². The van der Waals surface area contributed by atoms with Crippen molar-refractivity contribution >= 4 is 17.9 Å². The molecule has 0 radical (unpaired) electrons. The summed E-state index contributed by atoms with van der Waals surface area (Å²) < 4.78 is 16.9. The van der Waals surface area contributed by atoms with Gasteiger partial charge in [0.25, 0.3) is 0 Å². The van der Waals surface area contributed by atoms with Gasteiger partial charge in [-0.3, -0.25) is 14.4 Å². The maximum Gasteiger partial charge on any atom is 0.306 e. The van der Waals surface area contributed by atoms with E-state index in [0.717, 1.165) is 64.2 Å². The number of allylic oxidation sites excluding steroid dienone is 10. The standard InChI is InChI=1S/C70H126O6/c1-4-7-10-13-16-19-22-25-27-29-30-31-32-33-34-35-36-37-38-39-41-42-45-48-51-54-57-60-63-69(72)75-66-67(65-74-68(71)62-59-56-53-50-47-44-24-21-18-15-12-9-6-3)76-70(73)64-61-58-55-52-49-46-43-40-28-26-23-20-17-14-11-8-5-2/h9,12,18,21,26,28,44,47,53,56,67H,4-8,10-11,13-17,19-20,22-25,27,29-43,45-46,48-52,54-55,57-66H2,1-3H3/b12-9-,21-18-,28-26-,47-44-,56-53-. The average molecular weight is 1060 g/mol. The fourth-order valence-corrected chi connectivity index (χ4v) is 9.81. The fraction of sp³-hybridized carbons (Fsp3) is 0.814. The second kappa shape index (κ2) is 64.6. The van der Waals surface area contributed by atoms with Gasteiger partial charge in [-0.2, -0.15) is 0 Å². The molecule has 0 aliphatic rings. The Morgan fingerprint density at radius 2 is 0.539 bits per heavy atom. The van der Waals surface area contributed by atoms with Crippen molar-refractivity contribution in [3.8, 4) is 0 Å². The zero-order valence-corrected chi connectivity index (χ0v) is 50.8. The van der Waals surface area contributed by atoms with Crippen LogP contribution in [0.15, 0.2) is 60.8 Å². The number of unbranched alkanes of at least 4 members (excludes halogenated alkanes) is 40. The molecule has 0 amide bonds. The van der Waals surface area contributed by atoms with Crippen LogP contribution >= 0.6 is 0 Å². The topological polar surface area (TPSA) is 78.9 Å². The molecule has 6 heteroatoms. The molecule has 0 N–H and O–H groups in total. The highest BCUT2D eigenvalue weighted by Gasteiger charge is 2.19. The summed E-state index contributed by atoms with van der Waals surface area (Å²) in [4.78, 5) is 38.2. The maximum absolute atomic E-state index is 12.9. The van der Waals surface area contributed by atoms with Crippen LogP contribution < -0.4 is 0 Å². The summed E-state index contributed by atoms with van der Waals surface area (Å²) in [5.41, 5.74) is 0. The third-order valence-corrected chi connectivity index (χ3v) is 14.8. The first-order chi connectivity index (χ1) is 37.5. The molecule has 0 fully saturated rings. The molecule has 6 nitrogen and oxygen atoms in total. The van der Waals surface area contributed by atoms with E-state index >= 15 is 0 Å². The predicted molar refractivity (Wildman–Crippen MR) is 330 cm³/mol. The van der Waals surface area contributed by atoms with Gasteiger partial charge in [-0.05, 0) is 70.6 Å². The van der Waals surface area contributed by atoms with Gasteiger partial charge in [0.05, 0.1) is 0 Å². The summed E-state index contributed by atoms with van der Waals surface area (Å²) >= 11 is 0. The van der Waals surface area contributed by atoms with Gasteiger partial charge in [-0.15, -0.1) is 0 Å². The van der Waals surface area contributed by atoms with E-state index in [9.17, 15) is 14.4 Å². The largest absolute Gasteiger partial charge is 0.462 e. The van der Waals surface area contributed by atoms with E-state index in [1.807, 2.05) is 6.08 Å². The smallest absolute Gasteiger partial charge is 0.306 e. The SMILES string of the molecule is CC/C=C\C/C=C\C/C=C\C/C=C\CCC(=O)OCC(COC(=O)CCCCCCCCCCCCCCCCCCCCCCCCCCCCCC)OC(=O)CCCCCCCCC/C=C\CCCCCCCC. The molecule has 0 heterocycles.